The molecule has 0 amide bonds. The van der Waals surface area contributed by atoms with Gasteiger partial charge in [0, 0.05) is 12.5 Å². The minimum atomic E-state index is 0.313. The van der Waals surface area contributed by atoms with Gasteiger partial charge in [0.15, 0.2) is 0 Å². The highest BCUT2D eigenvalue weighted by molar-refractivity contribution is 4.93. The first kappa shape index (κ1) is 10.6. The third-order valence-corrected chi connectivity index (χ3v) is 3.48. The number of nitrogens with two attached hydrogens (primary N) is 1. The molecule has 1 rings (SSSR count). The molecule has 0 radical (unpaired) electrons. The molecule has 2 unspecified atom stereocenters. The molecule has 0 bridgehead atoms. The molecule has 74 valence electrons. The zero-order chi connectivity index (χ0) is 9.90. The molecule has 0 aromatic heterocycles. The van der Waals surface area contributed by atoms with Crippen LogP contribution in [0.3, 0.4) is 0 Å². The molecule has 0 aliphatic heterocycles. The number of hydrogen-bond acceptors (Lipinski definition) is 1. The Bertz CT molecular complexity index is 200. The van der Waals surface area contributed by atoms with E-state index < -0.39 is 0 Å². The Morgan fingerprint density at radius 3 is 2.77 bits per heavy atom. The summed E-state index contributed by atoms with van der Waals surface area (Å²) in [5, 5.41) is 0. The van der Waals surface area contributed by atoms with Gasteiger partial charge in [-0.2, -0.15) is 0 Å². The van der Waals surface area contributed by atoms with Gasteiger partial charge in [0.2, 0.25) is 0 Å². The molecular weight excluding hydrogens is 158 g/mol. The van der Waals surface area contributed by atoms with Crippen LogP contribution in [0.25, 0.3) is 0 Å². The lowest BCUT2D eigenvalue weighted by Crippen LogP contribution is -2.36. The Morgan fingerprint density at radius 1 is 1.62 bits per heavy atom. The van der Waals surface area contributed by atoms with Gasteiger partial charge in [-0.05, 0) is 30.6 Å². The summed E-state index contributed by atoms with van der Waals surface area (Å²) in [7, 11) is 0. The molecule has 0 aromatic rings. The van der Waals surface area contributed by atoms with Gasteiger partial charge < -0.3 is 5.73 Å². The lowest BCUT2D eigenvalue weighted by atomic mass is 9.76. The second-order valence-electron chi connectivity index (χ2n) is 4.89. The van der Waals surface area contributed by atoms with Crippen molar-refractivity contribution in [1.29, 1.82) is 0 Å². The van der Waals surface area contributed by atoms with Crippen LogP contribution in [0, 0.1) is 23.7 Å². The SMILES string of the molecule is C#CCCC(N)C1CCCC1(C)C. The molecule has 1 aliphatic carbocycles. The predicted octanol–water partition coefficient (Wildman–Crippen LogP) is 2.55. The van der Waals surface area contributed by atoms with Gasteiger partial charge in [-0.25, -0.2) is 0 Å². The molecular formula is C12H21N. The van der Waals surface area contributed by atoms with Gasteiger partial charge in [-0.1, -0.05) is 20.3 Å². The largest absolute Gasteiger partial charge is 0.327 e. The second-order valence-corrected chi connectivity index (χ2v) is 4.89. The Hall–Kier alpha value is -0.480. The first-order valence-corrected chi connectivity index (χ1v) is 5.27. The summed E-state index contributed by atoms with van der Waals surface area (Å²) in [6.07, 6.45) is 11.0. The number of hydrogen-bond donors (Lipinski definition) is 1. The Kier molecular flexibility index (Phi) is 3.39. The van der Waals surface area contributed by atoms with E-state index in [1.165, 1.54) is 19.3 Å². The van der Waals surface area contributed by atoms with E-state index in [-0.39, 0.29) is 0 Å². The van der Waals surface area contributed by atoms with Crippen LogP contribution >= 0.6 is 0 Å². The molecule has 2 N–H and O–H groups in total. The molecule has 0 spiro atoms. The quantitative estimate of drug-likeness (QED) is 0.662. The van der Waals surface area contributed by atoms with Crippen LogP contribution in [0.5, 0.6) is 0 Å². The molecule has 13 heavy (non-hydrogen) atoms. The number of rotatable bonds is 3. The van der Waals surface area contributed by atoms with Gasteiger partial charge in [0.1, 0.15) is 0 Å². The van der Waals surface area contributed by atoms with E-state index in [1.54, 1.807) is 0 Å². The molecule has 1 saturated carbocycles. The summed E-state index contributed by atoms with van der Waals surface area (Å²) < 4.78 is 0. The van der Waals surface area contributed by atoms with E-state index in [0.717, 1.165) is 12.8 Å². The van der Waals surface area contributed by atoms with E-state index in [0.29, 0.717) is 17.4 Å². The minimum Gasteiger partial charge on any atom is -0.327 e. The zero-order valence-corrected chi connectivity index (χ0v) is 8.84. The fourth-order valence-electron chi connectivity index (χ4n) is 2.60. The molecule has 0 heterocycles. The molecule has 0 saturated heterocycles. The van der Waals surface area contributed by atoms with Crippen molar-refractivity contribution in [3.63, 3.8) is 0 Å². The summed E-state index contributed by atoms with van der Waals surface area (Å²) in [6, 6.07) is 0.313. The predicted molar refractivity (Wildman–Crippen MR) is 57.2 cm³/mol. The first-order valence-electron chi connectivity index (χ1n) is 5.27. The molecule has 1 nitrogen and oxygen atoms in total. The minimum absolute atomic E-state index is 0.313. The van der Waals surface area contributed by atoms with Crippen LogP contribution in [0.2, 0.25) is 0 Å². The van der Waals surface area contributed by atoms with Crippen LogP contribution in [0.1, 0.15) is 46.0 Å². The highest BCUT2D eigenvalue weighted by Crippen LogP contribution is 2.44. The lowest BCUT2D eigenvalue weighted by molar-refractivity contribution is 0.215. The standard InChI is InChI=1S/C12H21N/c1-4-5-8-11(13)10-7-6-9-12(10,2)3/h1,10-11H,5-9,13H2,2-3H3. The van der Waals surface area contributed by atoms with E-state index >= 15 is 0 Å². The van der Waals surface area contributed by atoms with Crippen molar-refractivity contribution in [3.8, 4) is 12.3 Å². The summed E-state index contributed by atoms with van der Waals surface area (Å²) in [4.78, 5) is 0. The van der Waals surface area contributed by atoms with E-state index in [4.69, 9.17) is 12.2 Å². The molecule has 1 heteroatoms. The number of terminal acetylenes is 1. The highest BCUT2D eigenvalue weighted by atomic mass is 14.7. The van der Waals surface area contributed by atoms with Crippen LogP contribution in [0.15, 0.2) is 0 Å². The highest BCUT2D eigenvalue weighted by Gasteiger charge is 2.37. The smallest absolute Gasteiger partial charge is 0.0101 e. The summed E-state index contributed by atoms with van der Waals surface area (Å²) in [5.74, 6) is 3.35. The topological polar surface area (TPSA) is 26.0 Å². The Balaban J connectivity index is 2.47. The van der Waals surface area contributed by atoms with Gasteiger partial charge in [0.25, 0.3) is 0 Å². The molecule has 1 aliphatic rings. The van der Waals surface area contributed by atoms with Crippen molar-refractivity contribution < 1.29 is 0 Å². The van der Waals surface area contributed by atoms with Crippen LogP contribution < -0.4 is 5.73 Å². The maximum Gasteiger partial charge on any atom is 0.0101 e. The van der Waals surface area contributed by atoms with Gasteiger partial charge in [0.05, 0.1) is 0 Å². The van der Waals surface area contributed by atoms with Crippen LogP contribution in [-0.2, 0) is 0 Å². The Morgan fingerprint density at radius 2 is 2.31 bits per heavy atom. The van der Waals surface area contributed by atoms with Crippen LogP contribution in [0.4, 0.5) is 0 Å². The third kappa shape index (κ3) is 2.48. The third-order valence-electron chi connectivity index (χ3n) is 3.48. The van der Waals surface area contributed by atoms with Crippen molar-refractivity contribution in [3.05, 3.63) is 0 Å². The molecule has 1 fully saturated rings. The average molecular weight is 179 g/mol. The summed E-state index contributed by atoms with van der Waals surface area (Å²) in [5.41, 5.74) is 6.58. The maximum atomic E-state index is 6.15. The average Bonchev–Trinajstić information content (AvgIpc) is 2.41. The first-order chi connectivity index (χ1) is 6.08. The van der Waals surface area contributed by atoms with Crippen molar-refractivity contribution in [2.75, 3.05) is 0 Å². The van der Waals surface area contributed by atoms with Crippen molar-refractivity contribution in [1.82, 2.24) is 0 Å². The zero-order valence-electron chi connectivity index (χ0n) is 8.84. The lowest BCUT2D eigenvalue weighted by Gasteiger charge is -2.31. The van der Waals surface area contributed by atoms with Gasteiger partial charge in [-0.3, -0.25) is 0 Å². The van der Waals surface area contributed by atoms with E-state index in [9.17, 15) is 0 Å². The van der Waals surface area contributed by atoms with E-state index in [2.05, 4.69) is 19.8 Å². The molecule has 2 atom stereocenters. The van der Waals surface area contributed by atoms with Crippen molar-refractivity contribution >= 4 is 0 Å². The Labute approximate surface area is 82.1 Å². The summed E-state index contributed by atoms with van der Waals surface area (Å²) in [6.45, 7) is 4.67. The monoisotopic (exact) mass is 179 g/mol. The van der Waals surface area contributed by atoms with Crippen LogP contribution in [-0.4, -0.2) is 6.04 Å². The fraction of sp³-hybridized carbons (Fsp3) is 0.833. The maximum absolute atomic E-state index is 6.15. The van der Waals surface area contributed by atoms with Gasteiger partial charge >= 0.3 is 0 Å². The van der Waals surface area contributed by atoms with Crippen molar-refractivity contribution in [2.24, 2.45) is 17.1 Å². The second kappa shape index (κ2) is 4.15. The van der Waals surface area contributed by atoms with E-state index in [1.807, 2.05) is 0 Å². The normalized spacial score (nSPS) is 28.3. The molecule has 0 aromatic carbocycles. The van der Waals surface area contributed by atoms with Gasteiger partial charge in [-0.15, -0.1) is 12.3 Å². The fourth-order valence-corrected chi connectivity index (χ4v) is 2.60. The van der Waals surface area contributed by atoms with Crippen molar-refractivity contribution in [2.45, 2.75) is 52.0 Å². The summed E-state index contributed by atoms with van der Waals surface area (Å²) >= 11 is 0.